The van der Waals surface area contributed by atoms with E-state index >= 15 is 0 Å². The number of hydrogen-bond donors (Lipinski definition) is 1. The van der Waals surface area contributed by atoms with Gasteiger partial charge in [-0.25, -0.2) is 0 Å². The van der Waals surface area contributed by atoms with Crippen molar-refractivity contribution in [3.63, 3.8) is 0 Å². The number of rotatable bonds is 3. The molecule has 19 heavy (non-hydrogen) atoms. The van der Waals surface area contributed by atoms with Crippen molar-refractivity contribution in [1.29, 1.82) is 0 Å². The van der Waals surface area contributed by atoms with Crippen LogP contribution in [0.2, 0.25) is 0 Å². The van der Waals surface area contributed by atoms with E-state index in [1.807, 2.05) is 12.1 Å². The molecule has 1 fully saturated rings. The first-order valence-electron chi connectivity index (χ1n) is 6.88. The molecule has 2 rings (SSSR count). The molecule has 0 aliphatic carbocycles. The molecule has 1 unspecified atom stereocenters. The van der Waals surface area contributed by atoms with Crippen LogP contribution in [0.4, 0.5) is 5.69 Å². The maximum atomic E-state index is 9.61. The van der Waals surface area contributed by atoms with E-state index in [0.29, 0.717) is 6.04 Å². The third-order valence-corrected chi connectivity index (χ3v) is 4.62. The largest absolute Gasteiger partial charge is 0.389 e. The SMILES string of the molecule is CC(O)c1ccc(N2CCC(N(C)C)CC2)c(Br)c1. The van der Waals surface area contributed by atoms with E-state index in [1.54, 1.807) is 6.92 Å². The summed E-state index contributed by atoms with van der Waals surface area (Å²) >= 11 is 3.63. The van der Waals surface area contributed by atoms with Gasteiger partial charge in [0.25, 0.3) is 0 Å². The van der Waals surface area contributed by atoms with Gasteiger partial charge in [0, 0.05) is 23.6 Å². The minimum Gasteiger partial charge on any atom is -0.389 e. The Morgan fingerprint density at radius 2 is 1.95 bits per heavy atom. The van der Waals surface area contributed by atoms with Crippen molar-refractivity contribution in [3.8, 4) is 0 Å². The van der Waals surface area contributed by atoms with Gasteiger partial charge in [0.15, 0.2) is 0 Å². The third kappa shape index (κ3) is 3.50. The lowest BCUT2D eigenvalue weighted by Crippen LogP contribution is -2.42. The maximum Gasteiger partial charge on any atom is 0.0762 e. The molecule has 1 atom stereocenters. The summed E-state index contributed by atoms with van der Waals surface area (Å²) in [5.41, 5.74) is 2.19. The topological polar surface area (TPSA) is 26.7 Å². The molecule has 0 aromatic heterocycles. The normalized spacial score (nSPS) is 18.9. The smallest absolute Gasteiger partial charge is 0.0762 e. The molecule has 0 spiro atoms. The standard InChI is InChI=1S/C15H23BrN2O/c1-11(19)12-4-5-15(14(16)10-12)18-8-6-13(7-9-18)17(2)3/h4-5,10-11,13,19H,6-9H2,1-3H3. The van der Waals surface area contributed by atoms with Crippen LogP contribution in [0.1, 0.15) is 31.4 Å². The summed E-state index contributed by atoms with van der Waals surface area (Å²) in [6.45, 7) is 3.98. The van der Waals surface area contributed by atoms with Crippen LogP contribution < -0.4 is 4.90 Å². The van der Waals surface area contributed by atoms with Crippen LogP contribution in [0.25, 0.3) is 0 Å². The molecule has 0 saturated carbocycles. The molecule has 1 saturated heterocycles. The summed E-state index contributed by atoms with van der Waals surface area (Å²) in [5.74, 6) is 0. The van der Waals surface area contributed by atoms with Gasteiger partial charge in [-0.2, -0.15) is 0 Å². The fourth-order valence-corrected chi connectivity index (χ4v) is 3.31. The Morgan fingerprint density at radius 1 is 1.32 bits per heavy atom. The van der Waals surface area contributed by atoms with Gasteiger partial charge in [0.1, 0.15) is 0 Å². The van der Waals surface area contributed by atoms with E-state index < -0.39 is 6.10 Å². The molecule has 1 aliphatic rings. The van der Waals surface area contributed by atoms with Gasteiger partial charge in [-0.05, 0) is 67.5 Å². The Balaban J connectivity index is 2.07. The van der Waals surface area contributed by atoms with Gasteiger partial charge in [0.05, 0.1) is 11.8 Å². The van der Waals surface area contributed by atoms with Crippen molar-refractivity contribution in [1.82, 2.24) is 4.90 Å². The summed E-state index contributed by atoms with van der Waals surface area (Å²) in [7, 11) is 4.32. The summed E-state index contributed by atoms with van der Waals surface area (Å²) < 4.78 is 1.08. The van der Waals surface area contributed by atoms with Crippen molar-refractivity contribution in [2.24, 2.45) is 0 Å². The number of aliphatic hydroxyl groups excluding tert-OH is 1. The highest BCUT2D eigenvalue weighted by molar-refractivity contribution is 9.10. The molecule has 1 heterocycles. The lowest BCUT2D eigenvalue weighted by molar-refractivity contribution is 0.199. The highest BCUT2D eigenvalue weighted by Gasteiger charge is 2.22. The maximum absolute atomic E-state index is 9.61. The molecule has 1 aromatic rings. The zero-order valence-corrected chi connectivity index (χ0v) is 13.5. The van der Waals surface area contributed by atoms with Crippen molar-refractivity contribution in [3.05, 3.63) is 28.2 Å². The fourth-order valence-electron chi connectivity index (χ4n) is 2.66. The van der Waals surface area contributed by atoms with Gasteiger partial charge < -0.3 is 14.9 Å². The Morgan fingerprint density at radius 3 is 2.42 bits per heavy atom. The number of anilines is 1. The molecule has 1 N–H and O–H groups in total. The average Bonchev–Trinajstić information content (AvgIpc) is 2.38. The van der Waals surface area contributed by atoms with Crippen molar-refractivity contribution in [2.75, 3.05) is 32.1 Å². The molecule has 1 aliphatic heterocycles. The summed E-state index contributed by atoms with van der Waals surface area (Å²) in [6.07, 6.45) is 2.00. The number of hydrogen-bond acceptors (Lipinski definition) is 3. The molecule has 1 aromatic carbocycles. The van der Waals surface area contributed by atoms with E-state index in [0.717, 1.165) is 23.1 Å². The van der Waals surface area contributed by atoms with Crippen molar-refractivity contribution in [2.45, 2.75) is 31.9 Å². The minimum absolute atomic E-state index is 0.412. The summed E-state index contributed by atoms with van der Waals surface area (Å²) in [5, 5.41) is 9.61. The lowest BCUT2D eigenvalue weighted by atomic mass is 10.0. The predicted octanol–water partition coefficient (Wildman–Crippen LogP) is 3.03. The van der Waals surface area contributed by atoms with E-state index in [1.165, 1.54) is 18.5 Å². The second-order valence-corrected chi connectivity index (χ2v) is 6.42. The monoisotopic (exact) mass is 326 g/mol. The van der Waals surface area contributed by atoms with Gasteiger partial charge in [0.2, 0.25) is 0 Å². The fraction of sp³-hybridized carbons (Fsp3) is 0.600. The number of halogens is 1. The van der Waals surface area contributed by atoms with Crippen LogP contribution in [-0.4, -0.2) is 43.2 Å². The quantitative estimate of drug-likeness (QED) is 0.924. The Bertz CT molecular complexity index is 426. The van der Waals surface area contributed by atoms with Gasteiger partial charge in [-0.1, -0.05) is 6.07 Å². The molecular formula is C15H23BrN2O. The van der Waals surface area contributed by atoms with Crippen LogP contribution in [0.15, 0.2) is 22.7 Å². The second-order valence-electron chi connectivity index (χ2n) is 5.57. The van der Waals surface area contributed by atoms with Gasteiger partial charge >= 0.3 is 0 Å². The van der Waals surface area contributed by atoms with E-state index in [9.17, 15) is 5.11 Å². The molecule has 0 amide bonds. The predicted molar refractivity (Wildman–Crippen MR) is 83.7 cm³/mol. The highest BCUT2D eigenvalue weighted by Crippen LogP contribution is 2.31. The first kappa shape index (κ1) is 14.8. The van der Waals surface area contributed by atoms with Crippen LogP contribution >= 0.6 is 15.9 Å². The van der Waals surface area contributed by atoms with E-state index in [2.05, 4.69) is 45.9 Å². The lowest BCUT2D eigenvalue weighted by Gasteiger charge is -2.37. The van der Waals surface area contributed by atoms with E-state index in [-0.39, 0.29) is 0 Å². The molecule has 4 heteroatoms. The third-order valence-electron chi connectivity index (χ3n) is 3.99. The summed E-state index contributed by atoms with van der Waals surface area (Å²) in [4.78, 5) is 4.75. The van der Waals surface area contributed by atoms with Gasteiger partial charge in [-0.15, -0.1) is 0 Å². The molecule has 0 radical (unpaired) electrons. The number of nitrogens with zero attached hydrogens (tertiary/aromatic N) is 2. The first-order chi connectivity index (χ1) is 8.99. The number of aliphatic hydroxyl groups is 1. The van der Waals surface area contributed by atoms with Crippen LogP contribution in [0.3, 0.4) is 0 Å². The molecule has 0 bridgehead atoms. The van der Waals surface area contributed by atoms with Crippen molar-refractivity contribution >= 4 is 21.6 Å². The average molecular weight is 327 g/mol. The van der Waals surface area contributed by atoms with E-state index in [4.69, 9.17) is 0 Å². The zero-order valence-electron chi connectivity index (χ0n) is 11.9. The van der Waals surface area contributed by atoms with Crippen LogP contribution in [-0.2, 0) is 0 Å². The Labute approximate surface area is 124 Å². The highest BCUT2D eigenvalue weighted by atomic mass is 79.9. The Kier molecular flexibility index (Phi) is 4.87. The minimum atomic E-state index is -0.412. The van der Waals surface area contributed by atoms with Crippen LogP contribution in [0.5, 0.6) is 0 Å². The number of benzene rings is 1. The summed E-state index contributed by atoms with van der Waals surface area (Å²) in [6, 6.07) is 6.86. The van der Waals surface area contributed by atoms with Crippen LogP contribution in [0, 0.1) is 0 Å². The first-order valence-corrected chi connectivity index (χ1v) is 7.67. The zero-order chi connectivity index (χ0) is 14.0. The van der Waals surface area contributed by atoms with Crippen molar-refractivity contribution < 1.29 is 5.11 Å². The molecular weight excluding hydrogens is 304 g/mol. The second kappa shape index (κ2) is 6.25. The number of piperidine rings is 1. The Hall–Kier alpha value is -0.580. The molecule has 106 valence electrons. The molecule has 3 nitrogen and oxygen atoms in total. The van der Waals surface area contributed by atoms with Gasteiger partial charge in [-0.3, -0.25) is 0 Å².